The Hall–Kier alpha value is -3.60. The highest BCUT2D eigenvalue weighted by molar-refractivity contribution is 6.02. The lowest BCUT2D eigenvalue weighted by molar-refractivity contribution is 0.0955. The highest BCUT2D eigenvalue weighted by atomic mass is 16.5. The summed E-state index contributed by atoms with van der Waals surface area (Å²) in [5, 5.41) is 4.21. The Bertz CT molecular complexity index is 935. The Balaban J connectivity index is 1.70. The van der Waals surface area contributed by atoms with Crippen LogP contribution in [0.2, 0.25) is 0 Å². The Kier molecular flexibility index (Phi) is 5.84. The van der Waals surface area contributed by atoms with Crippen molar-refractivity contribution in [1.29, 1.82) is 0 Å². The number of amides is 1. The molecule has 0 radical (unpaired) electrons. The Morgan fingerprint density at radius 1 is 0.963 bits per heavy atom. The molecule has 27 heavy (non-hydrogen) atoms. The molecule has 0 aliphatic carbocycles. The van der Waals surface area contributed by atoms with E-state index < -0.39 is 0 Å². The second-order valence-corrected chi connectivity index (χ2v) is 6.03. The molecule has 3 N–H and O–H groups in total. The van der Waals surface area contributed by atoms with Gasteiger partial charge in [0.1, 0.15) is 12.4 Å². The summed E-state index contributed by atoms with van der Waals surface area (Å²) in [4.78, 5) is 12.2. The lowest BCUT2D eigenvalue weighted by atomic mass is 10.1. The topological polar surface area (TPSA) is 76.7 Å². The van der Waals surface area contributed by atoms with Crippen molar-refractivity contribution in [3.05, 3.63) is 95.6 Å². The Morgan fingerprint density at radius 2 is 1.63 bits per heavy atom. The van der Waals surface area contributed by atoms with Crippen LogP contribution in [0.4, 0.5) is 5.69 Å². The largest absolute Gasteiger partial charge is 0.488 e. The molecule has 0 saturated carbocycles. The van der Waals surface area contributed by atoms with Crippen molar-refractivity contribution in [2.45, 2.75) is 13.5 Å². The number of nitrogen functional groups attached to an aromatic ring is 1. The third kappa shape index (κ3) is 4.95. The number of anilines is 1. The number of carbonyl (C=O) groups is 1. The third-order valence-electron chi connectivity index (χ3n) is 4.01. The van der Waals surface area contributed by atoms with Gasteiger partial charge >= 0.3 is 0 Å². The summed E-state index contributed by atoms with van der Waals surface area (Å²) >= 11 is 0. The number of nitrogens with zero attached hydrogens (tertiary/aromatic N) is 1. The molecule has 1 amide bonds. The molecule has 0 aliphatic heterocycles. The summed E-state index contributed by atoms with van der Waals surface area (Å²) in [7, 11) is 0. The van der Waals surface area contributed by atoms with Crippen LogP contribution in [0.25, 0.3) is 0 Å². The van der Waals surface area contributed by atoms with Crippen LogP contribution in [0, 0.1) is 0 Å². The van der Waals surface area contributed by atoms with Crippen molar-refractivity contribution in [3.8, 4) is 5.75 Å². The Morgan fingerprint density at radius 3 is 2.37 bits per heavy atom. The van der Waals surface area contributed by atoms with Crippen LogP contribution < -0.4 is 15.9 Å². The zero-order valence-corrected chi connectivity index (χ0v) is 15.1. The zero-order chi connectivity index (χ0) is 19.1. The average Bonchev–Trinajstić information content (AvgIpc) is 2.71. The van der Waals surface area contributed by atoms with E-state index in [2.05, 4.69) is 10.5 Å². The number of para-hydroxylation sites is 1. The van der Waals surface area contributed by atoms with Gasteiger partial charge in [-0.2, -0.15) is 5.10 Å². The van der Waals surface area contributed by atoms with Gasteiger partial charge in [-0.05, 0) is 48.9 Å². The van der Waals surface area contributed by atoms with E-state index in [-0.39, 0.29) is 5.91 Å². The van der Waals surface area contributed by atoms with Crippen LogP contribution in [0.1, 0.15) is 28.4 Å². The number of hydrazone groups is 1. The standard InChI is InChI=1S/C22H21N3O2/c1-16(24-25-22(26)18-11-13-19(23)14-12-18)20-9-5-6-10-21(20)27-15-17-7-3-2-4-8-17/h2-14H,15,23H2,1H3,(H,25,26)/b24-16-. The number of rotatable bonds is 6. The fourth-order valence-corrected chi connectivity index (χ4v) is 2.52. The molecule has 3 rings (SSSR count). The quantitative estimate of drug-likeness (QED) is 0.397. The summed E-state index contributed by atoms with van der Waals surface area (Å²) in [6.45, 7) is 2.29. The molecule has 3 aromatic carbocycles. The number of carbonyl (C=O) groups excluding carboxylic acids is 1. The maximum Gasteiger partial charge on any atom is 0.271 e. The first kappa shape index (κ1) is 18.2. The van der Waals surface area contributed by atoms with Crippen molar-refractivity contribution in [2.75, 3.05) is 5.73 Å². The molecule has 0 saturated heterocycles. The van der Waals surface area contributed by atoms with Crippen molar-refractivity contribution < 1.29 is 9.53 Å². The molecular weight excluding hydrogens is 338 g/mol. The van der Waals surface area contributed by atoms with E-state index in [4.69, 9.17) is 10.5 Å². The molecule has 3 aromatic rings. The molecule has 0 aromatic heterocycles. The zero-order valence-electron chi connectivity index (χ0n) is 15.1. The van der Waals surface area contributed by atoms with E-state index in [1.165, 1.54) is 0 Å². The minimum absolute atomic E-state index is 0.294. The minimum atomic E-state index is -0.294. The predicted molar refractivity (Wildman–Crippen MR) is 108 cm³/mol. The summed E-state index contributed by atoms with van der Waals surface area (Å²) in [6, 6.07) is 24.2. The molecule has 5 heteroatoms. The average molecular weight is 359 g/mol. The van der Waals surface area contributed by atoms with Gasteiger partial charge in [-0.1, -0.05) is 42.5 Å². The van der Waals surface area contributed by atoms with Gasteiger partial charge in [-0.25, -0.2) is 5.43 Å². The van der Waals surface area contributed by atoms with Gasteiger partial charge in [0.2, 0.25) is 0 Å². The summed E-state index contributed by atoms with van der Waals surface area (Å²) in [5.74, 6) is 0.418. The van der Waals surface area contributed by atoms with Crippen LogP contribution in [0.3, 0.4) is 0 Å². The number of hydrogen-bond donors (Lipinski definition) is 2. The smallest absolute Gasteiger partial charge is 0.271 e. The molecule has 0 fully saturated rings. The summed E-state index contributed by atoms with van der Waals surface area (Å²) < 4.78 is 5.94. The highest BCUT2D eigenvalue weighted by Gasteiger charge is 2.08. The molecule has 5 nitrogen and oxygen atoms in total. The van der Waals surface area contributed by atoms with E-state index >= 15 is 0 Å². The fraction of sp³-hybridized carbons (Fsp3) is 0.0909. The van der Waals surface area contributed by atoms with Crippen LogP contribution in [-0.4, -0.2) is 11.6 Å². The molecular formula is C22H21N3O2. The third-order valence-corrected chi connectivity index (χ3v) is 4.01. The first-order valence-corrected chi connectivity index (χ1v) is 8.60. The first-order valence-electron chi connectivity index (χ1n) is 8.60. The molecule has 0 bridgehead atoms. The van der Waals surface area contributed by atoms with Gasteiger partial charge in [0.15, 0.2) is 0 Å². The molecule has 0 heterocycles. The van der Waals surface area contributed by atoms with Gasteiger partial charge in [0.05, 0.1) is 5.71 Å². The van der Waals surface area contributed by atoms with Crippen molar-refractivity contribution in [3.63, 3.8) is 0 Å². The number of nitrogens with one attached hydrogen (secondary N) is 1. The van der Waals surface area contributed by atoms with E-state index in [1.807, 2.05) is 61.5 Å². The van der Waals surface area contributed by atoms with Gasteiger partial charge in [-0.15, -0.1) is 0 Å². The maximum atomic E-state index is 12.2. The number of ether oxygens (including phenoxy) is 1. The van der Waals surface area contributed by atoms with Crippen LogP contribution in [0.15, 0.2) is 84.0 Å². The van der Waals surface area contributed by atoms with Gasteiger partial charge < -0.3 is 10.5 Å². The van der Waals surface area contributed by atoms with Crippen LogP contribution in [0.5, 0.6) is 5.75 Å². The van der Waals surface area contributed by atoms with E-state index in [0.29, 0.717) is 29.3 Å². The second-order valence-electron chi connectivity index (χ2n) is 6.03. The monoisotopic (exact) mass is 359 g/mol. The van der Waals surface area contributed by atoms with Gasteiger partial charge in [-0.3, -0.25) is 4.79 Å². The number of hydrogen-bond acceptors (Lipinski definition) is 4. The molecule has 0 aliphatic rings. The fourth-order valence-electron chi connectivity index (χ4n) is 2.52. The van der Waals surface area contributed by atoms with Crippen molar-refractivity contribution in [2.24, 2.45) is 5.10 Å². The van der Waals surface area contributed by atoms with E-state index in [0.717, 1.165) is 11.1 Å². The molecule has 0 spiro atoms. The minimum Gasteiger partial charge on any atom is -0.488 e. The van der Waals surface area contributed by atoms with Gasteiger partial charge in [0, 0.05) is 16.8 Å². The summed E-state index contributed by atoms with van der Waals surface area (Å²) in [5.41, 5.74) is 11.9. The van der Waals surface area contributed by atoms with E-state index in [1.54, 1.807) is 24.3 Å². The Labute approximate surface area is 158 Å². The lowest BCUT2D eigenvalue weighted by Gasteiger charge is -2.11. The highest BCUT2D eigenvalue weighted by Crippen LogP contribution is 2.20. The predicted octanol–water partition coefficient (Wildman–Crippen LogP) is 4.00. The molecule has 0 atom stereocenters. The second kappa shape index (κ2) is 8.67. The van der Waals surface area contributed by atoms with Crippen molar-refractivity contribution >= 4 is 17.3 Å². The maximum absolute atomic E-state index is 12.2. The summed E-state index contributed by atoms with van der Waals surface area (Å²) in [6.07, 6.45) is 0. The van der Waals surface area contributed by atoms with Gasteiger partial charge in [0.25, 0.3) is 5.91 Å². The number of benzene rings is 3. The van der Waals surface area contributed by atoms with Crippen LogP contribution in [-0.2, 0) is 6.61 Å². The van der Waals surface area contributed by atoms with Crippen molar-refractivity contribution in [1.82, 2.24) is 5.43 Å². The molecule has 0 unspecified atom stereocenters. The lowest BCUT2D eigenvalue weighted by Crippen LogP contribution is -2.19. The normalized spacial score (nSPS) is 11.1. The van der Waals surface area contributed by atoms with E-state index in [9.17, 15) is 4.79 Å². The number of nitrogens with two attached hydrogens (primary N) is 1. The SMILES string of the molecule is C/C(=N/NC(=O)c1ccc(N)cc1)c1ccccc1OCc1ccccc1. The molecule has 136 valence electrons. The van der Waals surface area contributed by atoms with Crippen LogP contribution >= 0.6 is 0 Å². The first-order chi connectivity index (χ1) is 13.1.